The highest BCUT2D eigenvalue weighted by Crippen LogP contribution is 2.19. The number of amides is 1. The molecular formula is C11H24N2O2. The van der Waals surface area contributed by atoms with Crippen molar-refractivity contribution in [2.24, 2.45) is 11.1 Å². The Morgan fingerprint density at radius 3 is 2.33 bits per heavy atom. The average Bonchev–Trinajstić information content (AvgIpc) is 2.16. The lowest BCUT2D eigenvalue weighted by Crippen LogP contribution is -2.50. The lowest BCUT2D eigenvalue weighted by molar-refractivity contribution is -0.134. The molecule has 0 aliphatic carbocycles. The summed E-state index contributed by atoms with van der Waals surface area (Å²) in [7, 11) is 0. The summed E-state index contributed by atoms with van der Waals surface area (Å²) in [6.45, 7) is 9.11. The van der Waals surface area contributed by atoms with Crippen molar-refractivity contribution in [3.63, 3.8) is 0 Å². The van der Waals surface area contributed by atoms with Crippen LogP contribution in [0.4, 0.5) is 0 Å². The lowest BCUT2D eigenvalue weighted by atomic mass is 9.86. The van der Waals surface area contributed by atoms with E-state index in [1.165, 1.54) is 0 Å². The van der Waals surface area contributed by atoms with Crippen molar-refractivity contribution in [3.05, 3.63) is 0 Å². The Morgan fingerprint density at radius 1 is 1.47 bits per heavy atom. The van der Waals surface area contributed by atoms with Crippen LogP contribution in [0.25, 0.3) is 0 Å². The number of rotatable bonds is 5. The van der Waals surface area contributed by atoms with E-state index in [1.807, 2.05) is 27.7 Å². The number of aliphatic hydroxyl groups excluding tert-OH is 1. The molecule has 1 amide bonds. The smallest absolute Gasteiger partial charge is 0.240 e. The minimum atomic E-state index is -0.476. The molecule has 15 heavy (non-hydrogen) atoms. The van der Waals surface area contributed by atoms with Crippen molar-refractivity contribution in [1.82, 2.24) is 4.90 Å². The Balaban J connectivity index is 4.38. The van der Waals surface area contributed by atoms with Gasteiger partial charge in [-0.2, -0.15) is 0 Å². The van der Waals surface area contributed by atoms with Gasteiger partial charge >= 0.3 is 0 Å². The van der Waals surface area contributed by atoms with Crippen LogP contribution in [0.3, 0.4) is 0 Å². The highest BCUT2D eigenvalue weighted by atomic mass is 16.3. The van der Waals surface area contributed by atoms with Gasteiger partial charge in [-0.15, -0.1) is 0 Å². The van der Waals surface area contributed by atoms with Gasteiger partial charge in [0.15, 0.2) is 0 Å². The fourth-order valence-corrected chi connectivity index (χ4v) is 1.25. The number of hydrogen-bond acceptors (Lipinski definition) is 3. The van der Waals surface area contributed by atoms with Gasteiger partial charge in [0.05, 0.1) is 6.04 Å². The second-order valence-electron chi connectivity index (χ2n) is 4.84. The third-order valence-electron chi connectivity index (χ3n) is 2.48. The van der Waals surface area contributed by atoms with E-state index in [1.54, 1.807) is 4.90 Å². The van der Waals surface area contributed by atoms with Crippen molar-refractivity contribution < 1.29 is 9.90 Å². The van der Waals surface area contributed by atoms with Gasteiger partial charge in [0, 0.05) is 19.7 Å². The molecule has 0 saturated heterocycles. The first-order chi connectivity index (χ1) is 6.84. The van der Waals surface area contributed by atoms with Gasteiger partial charge in [0.2, 0.25) is 5.91 Å². The summed E-state index contributed by atoms with van der Waals surface area (Å²) in [5.41, 5.74) is 5.67. The molecule has 0 aromatic carbocycles. The molecule has 3 N–H and O–H groups in total. The van der Waals surface area contributed by atoms with E-state index in [0.29, 0.717) is 19.5 Å². The van der Waals surface area contributed by atoms with E-state index in [2.05, 4.69) is 0 Å². The molecule has 0 fully saturated rings. The fourth-order valence-electron chi connectivity index (χ4n) is 1.25. The van der Waals surface area contributed by atoms with E-state index < -0.39 is 6.04 Å². The number of aliphatic hydroxyl groups is 1. The summed E-state index contributed by atoms with van der Waals surface area (Å²) >= 11 is 0. The van der Waals surface area contributed by atoms with Crippen molar-refractivity contribution >= 4 is 5.91 Å². The van der Waals surface area contributed by atoms with Gasteiger partial charge in [-0.05, 0) is 18.8 Å². The second-order valence-corrected chi connectivity index (χ2v) is 4.84. The summed E-state index contributed by atoms with van der Waals surface area (Å²) in [4.78, 5) is 13.6. The first-order valence-corrected chi connectivity index (χ1v) is 5.49. The van der Waals surface area contributed by atoms with Gasteiger partial charge in [-0.25, -0.2) is 0 Å². The third kappa shape index (κ3) is 4.62. The molecule has 0 aliphatic rings. The van der Waals surface area contributed by atoms with Crippen LogP contribution < -0.4 is 5.73 Å². The largest absolute Gasteiger partial charge is 0.396 e. The fraction of sp³-hybridized carbons (Fsp3) is 0.909. The quantitative estimate of drug-likeness (QED) is 0.707. The minimum Gasteiger partial charge on any atom is -0.396 e. The maximum Gasteiger partial charge on any atom is 0.240 e. The van der Waals surface area contributed by atoms with Crippen LogP contribution in [0.15, 0.2) is 0 Å². The molecule has 90 valence electrons. The molecule has 1 atom stereocenters. The molecule has 0 aromatic heterocycles. The van der Waals surface area contributed by atoms with E-state index in [9.17, 15) is 4.79 Å². The van der Waals surface area contributed by atoms with E-state index in [4.69, 9.17) is 10.8 Å². The van der Waals surface area contributed by atoms with Crippen molar-refractivity contribution in [2.75, 3.05) is 19.7 Å². The average molecular weight is 216 g/mol. The maximum atomic E-state index is 11.9. The Kier molecular flexibility index (Phi) is 5.83. The first-order valence-electron chi connectivity index (χ1n) is 5.49. The van der Waals surface area contributed by atoms with Crippen LogP contribution >= 0.6 is 0 Å². The highest BCUT2D eigenvalue weighted by Gasteiger charge is 2.30. The summed E-state index contributed by atoms with van der Waals surface area (Å²) in [6, 6.07) is -0.476. The summed E-state index contributed by atoms with van der Waals surface area (Å²) < 4.78 is 0. The Hall–Kier alpha value is -0.610. The minimum absolute atomic E-state index is 0.0292. The van der Waals surface area contributed by atoms with Gasteiger partial charge in [0.25, 0.3) is 0 Å². The SMILES string of the molecule is CCN(CCCO)C(=O)[C@H](N)C(C)(C)C. The van der Waals surface area contributed by atoms with Gasteiger partial charge < -0.3 is 15.7 Å². The maximum absolute atomic E-state index is 11.9. The molecule has 0 unspecified atom stereocenters. The molecule has 0 rings (SSSR count). The number of likely N-dealkylation sites (N-methyl/N-ethyl adjacent to an activating group) is 1. The molecule has 0 aliphatic heterocycles. The third-order valence-corrected chi connectivity index (χ3v) is 2.48. The number of hydrogen-bond donors (Lipinski definition) is 2. The monoisotopic (exact) mass is 216 g/mol. The lowest BCUT2D eigenvalue weighted by Gasteiger charge is -2.31. The molecule has 0 heterocycles. The summed E-state index contributed by atoms with van der Waals surface area (Å²) in [6.07, 6.45) is 0.608. The first kappa shape index (κ1) is 14.4. The van der Waals surface area contributed by atoms with Gasteiger partial charge in [0.1, 0.15) is 0 Å². The van der Waals surface area contributed by atoms with Gasteiger partial charge in [-0.3, -0.25) is 4.79 Å². The van der Waals surface area contributed by atoms with Crippen LogP contribution in [-0.4, -0.2) is 41.7 Å². The van der Waals surface area contributed by atoms with Crippen molar-refractivity contribution in [2.45, 2.75) is 40.2 Å². The standard InChI is InChI=1S/C11H24N2O2/c1-5-13(7-6-8-14)10(15)9(12)11(2,3)4/h9,14H,5-8,12H2,1-4H3/t9-/m0/s1. The zero-order valence-corrected chi connectivity index (χ0v) is 10.3. The van der Waals surface area contributed by atoms with Crippen LogP contribution in [0.5, 0.6) is 0 Å². The van der Waals surface area contributed by atoms with Crippen molar-refractivity contribution in [3.8, 4) is 0 Å². The second kappa shape index (κ2) is 6.08. The van der Waals surface area contributed by atoms with E-state index in [0.717, 1.165) is 0 Å². The number of nitrogens with two attached hydrogens (primary N) is 1. The predicted molar refractivity (Wildman–Crippen MR) is 61.4 cm³/mol. The van der Waals surface area contributed by atoms with E-state index in [-0.39, 0.29) is 17.9 Å². The molecule has 0 bridgehead atoms. The normalized spacial score (nSPS) is 13.7. The summed E-state index contributed by atoms with van der Waals surface area (Å²) in [5.74, 6) is -0.0292. The van der Waals surface area contributed by atoms with Crippen LogP contribution in [0, 0.1) is 5.41 Å². The zero-order chi connectivity index (χ0) is 12.1. The molecule has 0 spiro atoms. The van der Waals surface area contributed by atoms with Crippen molar-refractivity contribution in [1.29, 1.82) is 0 Å². The molecule has 0 radical (unpaired) electrons. The van der Waals surface area contributed by atoms with Crippen LogP contribution in [0.1, 0.15) is 34.1 Å². The topological polar surface area (TPSA) is 66.6 Å². The Bertz CT molecular complexity index is 199. The highest BCUT2D eigenvalue weighted by molar-refractivity contribution is 5.82. The van der Waals surface area contributed by atoms with Crippen LogP contribution in [-0.2, 0) is 4.79 Å². The zero-order valence-electron chi connectivity index (χ0n) is 10.3. The molecule has 0 saturated carbocycles. The Morgan fingerprint density at radius 2 is 2.00 bits per heavy atom. The molecule has 0 aromatic rings. The summed E-state index contributed by atoms with van der Waals surface area (Å²) in [5, 5.41) is 8.72. The molecular weight excluding hydrogens is 192 g/mol. The number of nitrogens with zero attached hydrogens (tertiary/aromatic N) is 1. The number of carbonyl (C=O) groups is 1. The van der Waals surface area contributed by atoms with E-state index >= 15 is 0 Å². The predicted octanol–water partition coefficient (Wildman–Crippen LogP) is 0.591. The number of carbonyl (C=O) groups excluding carboxylic acids is 1. The van der Waals surface area contributed by atoms with Gasteiger partial charge in [-0.1, -0.05) is 20.8 Å². The Labute approximate surface area is 92.4 Å². The van der Waals surface area contributed by atoms with Crippen LogP contribution in [0.2, 0.25) is 0 Å². The molecule has 4 nitrogen and oxygen atoms in total. The molecule has 4 heteroatoms.